The number of allylic oxidation sites excluding steroid dienone is 1. The van der Waals surface area contributed by atoms with Gasteiger partial charge in [0.1, 0.15) is 18.3 Å². The van der Waals surface area contributed by atoms with Crippen LogP contribution in [0.1, 0.15) is 19.8 Å². The smallest absolute Gasteiger partial charge is 0.326 e. The minimum absolute atomic E-state index is 0.245. The molecule has 1 aliphatic heterocycles. The lowest BCUT2D eigenvalue weighted by atomic mass is 10.1. The first-order valence-corrected chi connectivity index (χ1v) is 7.64. The largest absolute Gasteiger partial charge is 0.480 e. The van der Waals surface area contributed by atoms with Crippen molar-refractivity contribution < 1.29 is 24.2 Å². The molecular weight excluding hydrogens is 312 g/mol. The van der Waals surface area contributed by atoms with Crippen molar-refractivity contribution in [1.82, 2.24) is 5.32 Å². The van der Waals surface area contributed by atoms with Crippen molar-refractivity contribution in [3.05, 3.63) is 36.9 Å². The van der Waals surface area contributed by atoms with E-state index in [0.717, 1.165) is 0 Å². The number of anilines is 1. The molecule has 2 unspecified atom stereocenters. The minimum Gasteiger partial charge on any atom is -0.480 e. The van der Waals surface area contributed by atoms with E-state index in [0.29, 0.717) is 17.9 Å². The molecule has 1 aromatic carbocycles. The maximum absolute atomic E-state index is 12.3. The van der Waals surface area contributed by atoms with Crippen LogP contribution in [0.15, 0.2) is 36.9 Å². The maximum atomic E-state index is 12.3. The van der Waals surface area contributed by atoms with Gasteiger partial charge in [0.05, 0.1) is 5.69 Å². The third kappa shape index (κ3) is 3.92. The van der Waals surface area contributed by atoms with E-state index in [2.05, 4.69) is 11.9 Å². The van der Waals surface area contributed by atoms with Crippen molar-refractivity contribution in [3.63, 3.8) is 0 Å². The molecule has 0 spiro atoms. The van der Waals surface area contributed by atoms with Gasteiger partial charge in [-0.05, 0) is 31.9 Å². The van der Waals surface area contributed by atoms with Gasteiger partial charge in [-0.3, -0.25) is 14.5 Å². The summed E-state index contributed by atoms with van der Waals surface area (Å²) >= 11 is 0. The van der Waals surface area contributed by atoms with Crippen molar-refractivity contribution in [3.8, 4) is 5.75 Å². The molecule has 7 heteroatoms. The van der Waals surface area contributed by atoms with E-state index in [-0.39, 0.29) is 18.9 Å². The van der Waals surface area contributed by atoms with Gasteiger partial charge in [0, 0.05) is 0 Å². The second-order valence-electron chi connectivity index (χ2n) is 5.48. The molecule has 0 aliphatic carbocycles. The number of fused-ring (bicyclic) bond motifs is 1. The number of rotatable bonds is 7. The third-order valence-electron chi connectivity index (χ3n) is 3.67. The SMILES string of the molecule is C=CCCC(NC(=O)CN1C(=O)C(C)Oc2ccccc21)C(=O)O. The number of hydrogen-bond donors (Lipinski definition) is 2. The van der Waals surface area contributed by atoms with Gasteiger partial charge in [-0.2, -0.15) is 0 Å². The van der Waals surface area contributed by atoms with Crippen molar-refractivity contribution in [2.45, 2.75) is 31.9 Å². The van der Waals surface area contributed by atoms with Crippen molar-refractivity contribution in [2.75, 3.05) is 11.4 Å². The van der Waals surface area contributed by atoms with E-state index in [1.54, 1.807) is 37.3 Å². The van der Waals surface area contributed by atoms with Gasteiger partial charge in [-0.25, -0.2) is 4.79 Å². The summed E-state index contributed by atoms with van der Waals surface area (Å²) in [6.45, 7) is 4.88. The zero-order valence-corrected chi connectivity index (χ0v) is 13.4. The van der Waals surface area contributed by atoms with Crippen molar-refractivity contribution in [2.24, 2.45) is 0 Å². The molecule has 2 N–H and O–H groups in total. The number of carbonyl (C=O) groups is 3. The molecule has 7 nitrogen and oxygen atoms in total. The number of carboxylic acid groups (broad SMARTS) is 1. The van der Waals surface area contributed by atoms with Gasteiger partial charge < -0.3 is 15.2 Å². The average Bonchev–Trinajstić information content (AvgIpc) is 2.55. The Morgan fingerprint density at radius 3 is 2.83 bits per heavy atom. The van der Waals surface area contributed by atoms with Crippen LogP contribution in [0.25, 0.3) is 0 Å². The number of hydrogen-bond acceptors (Lipinski definition) is 4. The Balaban J connectivity index is 2.11. The molecule has 1 heterocycles. The lowest BCUT2D eigenvalue weighted by Gasteiger charge is -2.32. The Hall–Kier alpha value is -2.83. The summed E-state index contributed by atoms with van der Waals surface area (Å²) in [7, 11) is 0. The van der Waals surface area contributed by atoms with Gasteiger partial charge in [0.15, 0.2) is 6.10 Å². The zero-order valence-electron chi connectivity index (χ0n) is 13.4. The molecule has 0 saturated carbocycles. The van der Waals surface area contributed by atoms with Crippen LogP contribution in [-0.2, 0) is 14.4 Å². The molecule has 2 rings (SSSR count). The molecule has 2 amide bonds. The Morgan fingerprint density at radius 1 is 1.46 bits per heavy atom. The average molecular weight is 332 g/mol. The molecular formula is C17H20N2O5. The number of benzene rings is 1. The van der Waals surface area contributed by atoms with Gasteiger partial charge in [-0.1, -0.05) is 18.2 Å². The number of carbonyl (C=O) groups excluding carboxylic acids is 2. The monoisotopic (exact) mass is 332 g/mol. The topological polar surface area (TPSA) is 95.9 Å². The fourth-order valence-electron chi connectivity index (χ4n) is 2.45. The predicted molar refractivity (Wildman–Crippen MR) is 87.9 cm³/mol. The van der Waals surface area contributed by atoms with Gasteiger partial charge >= 0.3 is 5.97 Å². The second kappa shape index (κ2) is 7.63. The number of amides is 2. The standard InChI is InChI=1S/C17H20N2O5/c1-3-4-7-12(17(22)23)18-15(20)10-19-13-8-5-6-9-14(13)24-11(2)16(19)21/h3,5-6,8-9,11-12H,1,4,7,10H2,2H3,(H,18,20)(H,22,23). The summed E-state index contributed by atoms with van der Waals surface area (Å²) in [6.07, 6.45) is 1.59. The van der Waals surface area contributed by atoms with Crippen LogP contribution in [0.5, 0.6) is 5.75 Å². The molecule has 1 aliphatic rings. The first-order valence-electron chi connectivity index (χ1n) is 7.64. The van der Waals surface area contributed by atoms with Gasteiger partial charge in [0.2, 0.25) is 5.91 Å². The number of para-hydroxylation sites is 2. The Bertz CT molecular complexity index is 658. The number of aliphatic carboxylic acids is 1. The van der Waals surface area contributed by atoms with Crippen molar-refractivity contribution in [1.29, 1.82) is 0 Å². The van der Waals surface area contributed by atoms with Crippen LogP contribution in [0, 0.1) is 0 Å². The van der Waals surface area contributed by atoms with Crippen LogP contribution in [-0.4, -0.2) is 41.6 Å². The lowest BCUT2D eigenvalue weighted by Crippen LogP contribution is -2.51. The van der Waals surface area contributed by atoms with Crippen LogP contribution >= 0.6 is 0 Å². The predicted octanol–water partition coefficient (Wildman–Crippen LogP) is 1.34. The van der Waals surface area contributed by atoms with Crippen molar-refractivity contribution >= 4 is 23.5 Å². The fraction of sp³-hybridized carbons (Fsp3) is 0.353. The summed E-state index contributed by atoms with van der Waals surface area (Å²) in [5.41, 5.74) is 0.494. The van der Waals surface area contributed by atoms with E-state index >= 15 is 0 Å². The van der Waals surface area contributed by atoms with Crippen LogP contribution in [0.4, 0.5) is 5.69 Å². The van der Waals surface area contributed by atoms with Gasteiger partial charge in [0.25, 0.3) is 5.91 Å². The molecule has 24 heavy (non-hydrogen) atoms. The Labute approximate surface area is 139 Å². The summed E-state index contributed by atoms with van der Waals surface area (Å²) < 4.78 is 5.50. The van der Waals surface area contributed by atoms with Crippen LogP contribution in [0.2, 0.25) is 0 Å². The molecule has 0 aromatic heterocycles. The fourth-order valence-corrected chi connectivity index (χ4v) is 2.45. The Kier molecular flexibility index (Phi) is 5.57. The third-order valence-corrected chi connectivity index (χ3v) is 3.67. The Morgan fingerprint density at radius 2 is 2.17 bits per heavy atom. The first-order chi connectivity index (χ1) is 11.4. The molecule has 128 valence electrons. The number of nitrogens with one attached hydrogen (secondary N) is 1. The molecule has 2 atom stereocenters. The molecule has 0 saturated heterocycles. The summed E-state index contributed by atoms with van der Waals surface area (Å²) in [5.74, 6) is -1.49. The highest BCUT2D eigenvalue weighted by molar-refractivity contribution is 6.04. The first kappa shape index (κ1) is 17.5. The number of ether oxygens (including phenoxy) is 1. The van der Waals surface area contributed by atoms with Crippen LogP contribution < -0.4 is 15.0 Å². The molecule has 1 aromatic rings. The van der Waals surface area contributed by atoms with E-state index in [4.69, 9.17) is 9.84 Å². The molecule has 0 bridgehead atoms. The van der Waals surface area contributed by atoms with E-state index < -0.39 is 24.0 Å². The number of nitrogens with zero attached hydrogens (tertiary/aromatic N) is 1. The lowest BCUT2D eigenvalue weighted by molar-refractivity contribution is -0.141. The summed E-state index contributed by atoms with van der Waals surface area (Å²) in [5, 5.41) is 11.6. The van der Waals surface area contributed by atoms with E-state index in [9.17, 15) is 14.4 Å². The molecule has 0 fully saturated rings. The highest BCUT2D eigenvalue weighted by atomic mass is 16.5. The highest BCUT2D eigenvalue weighted by Gasteiger charge is 2.33. The summed E-state index contributed by atoms with van der Waals surface area (Å²) in [6, 6.07) is 5.89. The van der Waals surface area contributed by atoms with E-state index in [1.165, 1.54) is 4.90 Å². The van der Waals surface area contributed by atoms with E-state index in [1.807, 2.05) is 0 Å². The second-order valence-corrected chi connectivity index (χ2v) is 5.48. The highest BCUT2D eigenvalue weighted by Crippen LogP contribution is 2.33. The minimum atomic E-state index is -1.12. The zero-order chi connectivity index (χ0) is 17.7. The normalized spacial score (nSPS) is 17.5. The van der Waals surface area contributed by atoms with Crippen LogP contribution in [0.3, 0.4) is 0 Å². The number of carboxylic acids is 1. The quantitative estimate of drug-likeness (QED) is 0.735. The maximum Gasteiger partial charge on any atom is 0.326 e. The van der Waals surface area contributed by atoms with Gasteiger partial charge in [-0.15, -0.1) is 6.58 Å². The molecule has 0 radical (unpaired) electrons. The summed E-state index contributed by atoms with van der Waals surface area (Å²) in [4.78, 5) is 37.0.